The number of halogens is 1. The maximum atomic E-state index is 11.9. The highest BCUT2D eigenvalue weighted by atomic mass is 35.5. The number of carbonyl (C=O) groups is 1. The molecule has 0 spiro atoms. The van der Waals surface area contributed by atoms with Gasteiger partial charge in [-0.25, -0.2) is 0 Å². The minimum atomic E-state index is -0.471. The summed E-state index contributed by atoms with van der Waals surface area (Å²) < 4.78 is 0. The first kappa shape index (κ1) is 18.2. The van der Waals surface area contributed by atoms with Crippen LogP contribution in [-0.2, 0) is 4.79 Å². The number of nitrogens with zero attached hydrogens (tertiary/aromatic N) is 1. The standard InChI is InChI=1S/C14H20N4O3.ClH/c15-8-10-4-3-6-11(10)17-14(19)9-16-12-5-1-2-7-13(12)18(20)21;/h1-2,5,7,10-11,16H,3-4,6,8-9,15H2,(H,17,19);1H. The van der Waals surface area contributed by atoms with Crippen LogP contribution in [-0.4, -0.2) is 30.0 Å². The van der Waals surface area contributed by atoms with Gasteiger partial charge in [0.1, 0.15) is 5.69 Å². The van der Waals surface area contributed by atoms with Crippen molar-refractivity contribution in [1.82, 2.24) is 5.32 Å². The van der Waals surface area contributed by atoms with Gasteiger partial charge in [0, 0.05) is 12.1 Å². The van der Waals surface area contributed by atoms with E-state index in [0.29, 0.717) is 18.2 Å². The van der Waals surface area contributed by atoms with Crippen LogP contribution in [0.3, 0.4) is 0 Å². The Bertz CT molecular complexity index is 527. The summed E-state index contributed by atoms with van der Waals surface area (Å²) in [6.45, 7) is 0.585. The molecule has 2 atom stereocenters. The first-order chi connectivity index (χ1) is 10.1. The van der Waals surface area contributed by atoms with Gasteiger partial charge in [-0.2, -0.15) is 0 Å². The zero-order valence-electron chi connectivity index (χ0n) is 12.2. The summed E-state index contributed by atoms with van der Waals surface area (Å²) in [6.07, 6.45) is 3.06. The van der Waals surface area contributed by atoms with Crippen molar-refractivity contribution in [1.29, 1.82) is 0 Å². The van der Waals surface area contributed by atoms with Crippen molar-refractivity contribution in [2.45, 2.75) is 25.3 Å². The van der Waals surface area contributed by atoms with E-state index in [1.807, 2.05) is 0 Å². The molecule has 0 aromatic heterocycles. The number of carbonyl (C=O) groups excluding carboxylic acids is 1. The van der Waals surface area contributed by atoms with Crippen LogP contribution >= 0.6 is 12.4 Å². The SMILES string of the molecule is Cl.NCC1CCCC1NC(=O)CNc1ccccc1[N+](=O)[O-]. The lowest BCUT2D eigenvalue weighted by molar-refractivity contribution is -0.383. The first-order valence-electron chi connectivity index (χ1n) is 7.08. The van der Waals surface area contributed by atoms with Gasteiger partial charge >= 0.3 is 0 Å². The molecule has 0 saturated heterocycles. The average molecular weight is 329 g/mol. The first-order valence-corrected chi connectivity index (χ1v) is 7.08. The number of nitrogens with one attached hydrogen (secondary N) is 2. The normalized spacial score (nSPS) is 20.0. The van der Waals surface area contributed by atoms with Gasteiger partial charge in [0.05, 0.1) is 11.5 Å². The van der Waals surface area contributed by atoms with Gasteiger partial charge in [0.15, 0.2) is 0 Å². The Balaban J connectivity index is 0.00000242. The molecule has 0 heterocycles. The minimum Gasteiger partial charge on any atom is -0.371 e. The van der Waals surface area contributed by atoms with E-state index in [-0.39, 0.29) is 36.6 Å². The van der Waals surface area contributed by atoms with E-state index < -0.39 is 4.92 Å². The third-order valence-electron chi connectivity index (χ3n) is 3.85. The van der Waals surface area contributed by atoms with Crippen LogP contribution in [0.25, 0.3) is 0 Å². The van der Waals surface area contributed by atoms with E-state index in [0.717, 1.165) is 19.3 Å². The van der Waals surface area contributed by atoms with Crippen molar-refractivity contribution in [3.05, 3.63) is 34.4 Å². The fraction of sp³-hybridized carbons (Fsp3) is 0.500. The maximum absolute atomic E-state index is 11.9. The predicted octanol–water partition coefficient (Wildman–Crippen LogP) is 1.67. The van der Waals surface area contributed by atoms with Crippen LogP contribution in [0.1, 0.15) is 19.3 Å². The molecule has 0 aliphatic heterocycles. The summed E-state index contributed by atoms with van der Waals surface area (Å²) in [5.74, 6) is 0.165. The fourth-order valence-electron chi connectivity index (χ4n) is 2.72. The van der Waals surface area contributed by atoms with Crippen LogP contribution < -0.4 is 16.4 Å². The lowest BCUT2D eigenvalue weighted by Gasteiger charge is -2.19. The number of nitro groups is 1. The lowest BCUT2D eigenvalue weighted by Crippen LogP contribution is -2.42. The van der Waals surface area contributed by atoms with E-state index in [9.17, 15) is 14.9 Å². The Hall–Kier alpha value is -1.86. The summed E-state index contributed by atoms with van der Waals surface area (Å²) in [5.41, 5.74) is 5.99. The molecule has 1 aliphatic rings. The van der Waals surface area contributed by atoms with E-state index in [1.54, 1.807) is 18.2 Å². The molecular weight excluding hydrogens is 308 g/mol. The van der Waals surface area contributed by atoms with Crippen molar-refractivity contribution in [2.75, 3.05) is 18.4 Å². The topological polar surface area (TPSA) is 110 Å². The molecule has 1 amide bonds. The summed E-state index contributed by atoms with van der Waals surface area (Å²) in [6, 6.07) is 6.39. The van der Waals surface area contributed by atoms with Crippen LogP contribution in [0.5, 0.6) is 0 Å². The zero-order chi connectivity index (χ0) is 15.2. The highest BCUT2D eigenvalue weighted by Gasteiger charge is 2.27. The van der Waals surface area contributed by atoms with Crippen LogP contribution in [0.2, 0.25) is 0 Å². The number of benzene rings is 1. The summed E-state index contributed by atoms with van der Waals surface area (Å²) in [5, 5.41) is 16.6. The monoisotopic (exact) mass is 328 g/mol. The average Bonchev–Trinajstić information content (AvgIpc) is 2.92. The van der Waals surface area contributed by atoms with Gasteiger partial charge in [0.2, 0.25) is 5.91 Å². The van der Waals surface area contributed by atoms with Crippen molar-refractivity contribution in [2.24, 2.45) is 11.7 Å². The Morgan fingerprint density at radius 1 is 1.36 bits per heavy atom. The van der Waals surface area contributed by atoms with Crippen molar-refractivity contribution < 1.29 is 9.72 Å². The molecule has 122 valence electrons. The second-order valence-corrected chi connectivity index (χ2v) is 5.23. The second kappa shape index (κ2) is 8.55. The largest absolute Gasteiger partial charge is 0.371 e. The molecule has 4 N–H and O–H groups in total. The lowest BCUT2D eigenvalue weighted by atomic mass is 10.0. The molecule has 8 heteroatoms. The highest BCUT2D eigenvalue weighted by molar-refractivity contribution is 5.85. The molecule has 1 fully saturated rings. The number of hydrogen-bond donors (Lipinski definition) is 3. The van der Waals surface area contributed by atoms with Crippen molar-refractivity contribution in [3.8, 4) is 0 Å². The van der Waals surface area contributed by atoms with E-state index >= 15 is 0 Å². The molecule has 0 bridgehead atoms. The third-order valence-corrected chi connectivity index (χ3v) is 3.85. The van der Waals surface area contributed by atoms with Gasteiger partial charge in [-0.3, -0.25) is 14.9 Å². The predicted molar refractivity (Wildman–Crippen MR) is 87.2 cm³/mol. The number of rotatable bonds is 6. The van der Waals surface area contributed by atoms with Gasteiger partial charge in [-0.15, -0.1) is 12.4 Å². The van der Waals surface area contributed by atoms with Crippen LogP contribution in [0, 0.1) is 16.0 Å². The molecular formula is C14H21ClN4O3. The quantitative estimate of drug-likeness (QED) is 0.543. The zero-order valence-corrected chi connectivity index (χ0v) is 13.0. The van der Waals surface area contributed by atoms with Gasteiger partial charge in [-0.05, 0) is 31.4 Å². The fourth-order valence-corrected chi connectivity index (χ4v) is 2.72. The van der Waals surface area contributed by atoms with Crippen LogP contribution in [0.15, 0.2) is 24.3 Å². The highest BCUT2D eigenvalue weighted by Crippen LogP contribution is 2.25. The number of amides is 1. The molecule has 7 nitrogen and oxygen atoms in total. The number of nitro benzene ring substituents is 1. The van der Waals surface area contributed by atoms with Crippen molar-refractivity contribution in [3.63, 3.8) is 0 Å². The maximum Gasteiger partial charge on any atom is 0.292 e. The van der Waals surface area contributed by atoms with Gasteiger partial charge in [0.25, 0.3) is 5.69 Å². The molecule has 1 aromatic carbocycles. The molecule has 0 radical (unpaired) electrons. The van der Waals surface area contributed by atoms with E-state index in [1.165, 1.54) is 6.07 Å². The van der Waals surface area contributed by atoms with Crippen molar-refractivity contribution >= 4 is 29.7 Å². The number of para-hydroxylation sites is 2. The molecule has 1 aliphatic carbocycles. The van der Waals surface area contributed by atoms with Gasteiger partial charge in [-0.1, -0.05) is 18.6 Å². The van der Waals surface area contributed by atoms with E-state index in [2.05, 4.69) is 10.6 Å². The summed E-state index contributed by atoms with van der Waals surface area (Å²) in [7, 11) is 0. The molecule has 1 saturated carbocycles. The Kier molecular flexibility index (Phi) is 7.07. The van der Waals surface area contributed by atoms with E-state index in [4.69, 9.17) is 5.73 Å². The molecule has 22 heavy (non-hydrogen) atoms. The van der Waals surface area contributed by atoms with Crippen LogP contribution in [0.4, 0.5) is 11.4 Å². The number of anilines is 1. The molecule has 1 aromatic rings. The third kappa shape index (κ3) is 4.57. The smallest absolute Gasteiger partial charge is 0.292 e. The molecule has 2 unspecified atom stereocenters. The van der Waals surface area contributed by atoms with Gasteiger partial charge < -0.3 is 16.4 Å². The minimum absolute atomic E-state index is 0. The summed E-state index contributed by atoms with van der Waals surface area (Å²) >= 11 is 0. The second-order valence-electron chi connectivity index (χ2n) is 5.23. The Morgan fingerprint density at radius 2 is 2.09 bits per heavy atom. The summed E-state index contributed by atoms with van der Waals surface area (Å²) in [4.78, 5) is 22.3. The Labute approximate surface area is 135 Å². The number of nitrogens with two attached hydrogens (primary N) is 1. The molecule has 2 rings (SSSR count). The Morgan fingerprint density at radius 3 is 2.77 bits per heavy atom. The number of hydrogen-bond acceptors (Lipinski definition) is 5.